The number of rotatable bonds is 2. The molecule has 4 nitrogen and oxygen atoms in total. The van der Waals surface area contributed by atoms with Gasteiger partial charge in [0, 0.05) is 11.5 Å². The van der Waals surface area contributed by atoms with Crippen molar-refractivity contribution in [1.82, 2.24) is 4.98 Å². The summed E-state index contributed by atoms with van der Waals surface area (Å²) >= 11 is 0. The molecule has 2 aromatic rings. The molecule has 88 valence electrons. The van der Waals surface area contributed by atoms with Gasteiger partial charge in [-0.05, 0) is 25.1 Å². The first-order valence-electron chi connectivity index (χ1n) is 5.14. The number of benzene rings is 1. The van der Waals surface area contributed by atoms with Gasteiger partial charge in [0.15, 0.2) is 5.69 Å². The Balaban J connectivity index is 2.57. The van der Waals surface area contributed by atoms with E-state index in [1.54, 1.807) is 19.1 Å². The number of halogens is 1. The minimum atomic E-state index is -0.601. The monoisotopic (exact) mass is 234 g/mol. The molecule has 2 rings (SSSR count). The number of nitrogens with zero attached hydrogens (tertiary/aromatic N) is 1. The van der Waals surface area contributed by atoms with Crippen LogP contribution in [0.5, 0.6) is 0 Å². The van der Waals surface area contributed by atoms with Gasteiger partial charge in [-0.15, -0.1) is 0 Å². The molecular formula is C12H11FN2O2. The molecule has 1 aromatic heterocycles. The number of hydrogen-bond donors (Lipinski definition) is 1. The fourth-order valence-electron chi connectivity index (χ4n) is 1.52. The Bertz CT molecular complexity index is 584. The lowest BCUT2D eigenvalue weighted by atomic mass is 10.1. The lowest BCUT2D eigenvalue weighted by Crippen LogP contribution is -2.10. The summed E-state index contributed by atoms with van der Waals surface area (Å²) in [5.74, 6) is -1.01. The van der Waals surface area contributed by atoms with Crippen LogP contribution >= 0.6 is 0 Å². The van der Waals surface area contributed by atoms with E-state index >= 15 is 0 Å². The smallest absolute Gasteiger partial charge is 0.359 e. The quantitative estimate of drug-likeness (QED) is 0.808. The zero-order valence-corrected chi connectivity index (χ0v) is 9.24. The highest BCUT2D eigenvalue weighted by Gasteiger charge is 2.14. The molecule has 0 aliphatic rings. The van der Waals surface area contributed by atoms with Crippen molar-refractivity contribution in [1.29, 1.82) is 0 Å². The number of esters is 1. The molecule has 0 spiro atoms. The lowest BCUT2D eigenvalue weighted by Gasteiger charge is -2.06. The van der Waals surface area contributed by atoms with E-state index in [0.717, 1.165) is 0 Å². The first-order chi connectivity index (χ1) is 8.11. The standard InChI is InChI=1S/C12H11FN2O2/c1-2-17-12(16)11-9(14)5-7-3-4-8(13)6-10(7)15-11/h3-6H,2,14H2,1H3. The Morgan fingerprint density at radius 1 is 1.47 bits per heavy atom. The molecule has 0 atom stereocenters. The van der Waals surface area contributed by atoms with Crippen LogP contribution in [0.1, 0.15) is 17.4 Å². The Morgan fingerprint density at radius 2 is 2.24 bits per heavy atom. The molecule has 17 heavy (non-hydrogen) atoms. The second-order valence-corrected chi connectivity index (χ2v) is 3.48. The van der Waals surface area contributed by atoms with Gasteiger partial charge < -0.3 is 10.5 Å². The van der Waals surface area contributed by atoms with Gasteiger partial charge in [0.1, 0.15) is 5.82 Å². The van der Waals surface area contributed by atoms with Crippen molar-refractivity contribution in [3.63, 3.8) is 0 Å². The second-order valence-electron chi connectivity index (χ2n) is 3.48. The number of anilines is 1. The van der Waals surface area contributed by atoms with Gasteiger partial charge in [-0.3, -0.25) is 0 Å². The molecule has 1 heterocycles. The predicted octanol–water partition coefficient (Wildman–Crippen LogP) is 2.13. The van der Waals surface area contributed by atoms with E-state index in [4.69, 9.17) is 10.5 Å². The van der Waals surface area contributed by atoms with Crippen molar-refractivity contribution >= 4 is 22.6 Å². The van der Waals surface area contributed by atoms with E-state index in [1.165, 1.54) is 12.1 Å². The van der Waals surface area contributed by atoms with Crippen molar-refractivity contribution in [2.75, 3.05) is 12.3 Å². The number of aromatic nitrogens is 1. The minimum Gasteiger partial charge on any atom is -0.461 e. The van der Waals surface area contributed by atoms with Gasteiger partial charge in [0.2, 0.25) is 0 Å². The zero-order valence-electron chi connectivity index (χ0n) is 9.24. The molecule has 0 bridgehead atoms. The highest BCUT2D eigenvalue weighted by Crippen LogP contribution is 2.20. The molecule has 0 amide bonds. The van der Waals surface area contributed by atoms with Crippen molar-refractivity contribution in [2.45, 2.75) is 6.92 Å². The third kappa shape index (κ3) is 2.18. The van der Waals surface area contributed by atoms with Crippen LogP contribution in [-0.4, -0.2) is 17.6 Å². The molecule has 0 saturated heterocycles. The fraction of sp³-hybridized carbons (Fsp3) is 0.167. The number of pyridine rings is 1. The van der Waals surface area contributed by atoms with E-state index < -0.39 is 11.8 Å². The third-order valence-electron chi connectivity index (χ3n) is 2.28. The summed E-state index contributed by atoms with van der Waals surface area (Å²) in [7, 11) is 0. The van der Waals surface area contributed by atoms with E-state index in [2.05, 4.69) is 4.98 Å². The topological polar surface area (TPSA) is 65.2 Å². The molecule has 2 N–H and O–H groups in total. The average molecular weight is 234 g/mol. The summed E-state index contributed by atoms with van der Waals surface area (Å²) in [6, 6.07) is 5.70. The van der Waals surface area contributed by atoms with E-state index in [9.17, 15) is 9.18 Å². The number of carbonyl (C=O) groups excluding carboxylic acids is 1. The first kappa shape index (κ1) is 11.3. The Morgan fingerprint density at radius 3 is 2.94 bits per heavy atom. The number of nitrogen functional groups attached to an aromatic ring is 1. The lowest BCUT2D eigenvalue weighted by molar-refractivity contribution is 0.0521. The van der Waals surface area contributed by atoms with Crippen LogP contribution in [0, 0.1) is 5.82 Å². The maximum Gasteiger partial charge on any atom is 0.359 e. The summed E-state index contributed by atoms with van der Waals surface area (Å²) < 4.78 is 17.8. The molecule has 0 fully saturated rings. The third-order valence-corrected chi connectivity index (χ3v) is 2.28. The average Bonchev–Trinajstić information content (AvgIpc) is 2.29. The fourth-order valence-corrected chi connectivity index (χ4v) is 1.52. The highest BCUT2D eigenvalue weighted by molar-refractivity contribution is 5.97. The number of ether oxygens (including phenoxy) is 1. The summed E-state index contributed by atoms with van der Waals surface area (Å²) in [4.78, 5) is 15.6. The maximum atomic E-state index is 13.0. The van der Waals surface area contributed by atoms with Crippen LogP contribution in [-0.2, 0) is 4.74 Å². The van der Waals surface area contributed by atoms with Gasteiger partial charge >= 0.3 is 5.97 Å². The molecule has 0 radical (unpaired) electrons. The van der Waals surface area contributed by atoms with Crippen LogP contribution in [0.25, 0.3) is 10.9 Å². The number of hydrogen-bond acceptors (Lipinski definition) is 4. The normalized spacial score (nSPS) is 10.5. The van der Waals surface area contributed by atoms with Crippen molar-refractivity contribution < 1.29 is 13.9 Å². The van der Waals surface area contributed by atoms with Crippen LogP contribution in [0.4, 0.5) is 10.1 Å². The molecule has 0 aliphatic heterocycles. The summed E-state index contributed by atoms with van der Waals surface area (Å²) in [5.41, 5.74) is 6.32. The summed E-state index contributed by atoms with van der Waals surface area (Å²) in [6.07, 6.45) is 0. The van der Waals surface area contributed by atoms with Crippen LogP contribution in [0.2, 0.25) is 0 Å². The van der Waals surface area contributed by atoms with Gasteiger partial charge in [0.25, 0.3) is 0 Å². The van der Waals surface area contributed by atoms with Crippen molar-refractivity contribution in [2.24, 2.45) is 0 Å². The molecule has 0 saturated carbocycles. The van der Waals surface area contributed by atoms with Gasteiger partial charge in [-0.1, -0.05) is 0 Å². The molecular weight excluding hydrogens is 223 g/mol. The van der Waals surface area contributed by atoms with Crippen molar-refractivity contribution in [3.8, 4) is 0 Å². The molecule has 0 unspecified atom stereocenters. The van der Waals surface area contributed by atoms with Crippen molar-refractivity contribution in [3.05, 3.63) is 35.8 Å². The van der Waals surface area contributed by atoms with E-state index in [1.807, 2.05) is 0 Å². The SMILES string of the molecule is CCOC(=O)c1nc2cc(F)ccc2cc1N. The predicted molar refractivity (Wildman–Crippen MR) is 62.1 cm³/mol. The maximum absolute atomic E-state index is 13.0. The first-order valence-corrected chi connectivity index (χ1v) is 5.14. The van der Waals surface area contributed by atoms with Gasteiger partial charge in [-0.25, -0.2) is 14.2 Å². The van der Waals surface area contributed by atoms with Crippen LogP contribution in [0.3, 0.4) is 0 Å². The summed E-state index contributed by atoms with van der Waals surface area (Å²) in [6.45, 7) is 1.93. The number of fused-ring (bicyclic) bond motifs is 1. The van der Waals surface area contributed by atoms with E-state index in [0.29, 0.717) is 10.9 Å². The Kier molecular flexibility index (Phi) is 2.91. The van der Waals surface area contributed by atoms with Crippen LogP contribution < -0.4 is 5.73 Å². The van der Waals surface area contributed by atoms with Crippen LogP contribution in [0.15, 0.2) is 24.3 Å². The largest absolute Gasteiger partial charge is 0.461 e. The highest BCUT2D eigenvalue weighted by atomic mass is 19.1. The molecule has 1 aromatic carbocycles. The number of nitrogens with two attached hydrogens (primary N) is 1. The molecule has 5 heteroatoms. The number of carbonyl (C=O) groups is 1. The minimum absolute atomic E-state index is 0.0185. The summed E-state index contributed by atoms with van der Waals surface area (Å²) in [5, 5.41) is 0.678. The van der Waals surface area contributed by atoms with Gasteiger partial charge in [0.05, 0.1) is 17.8 Å². The molecule has 0 aliphatic carbocycles. The zero-order chi connectivity index (χ0) is 12.4. The van der Waals surface area contributed by atoms with Gasteiger partial charge in [-0.2, -0.15) is 0 Å². The Hall–Kier alpha value is -2.17. The second kappa shape index (κ2) is 4.37. The van der Waals surface area contributed by atoms with E-state index in [-0.39, 0.29) is 18.0 Å². The Labute approximate surface area is 97.2 Å².